The monoisotopic (exact) mass is 186 g/mol. The molecular formula is C9H18N2S. The van der Waals surface area contributed by atoms with Crippen molar-refractivity contribution >= 4 is 16.8 Å². The fourth-order valence-corrected chi connectivity index (χ4v) is 1.44. The van der Waals surface area contributed by atoms with Gasteiger partial charge in [-0.25, -0.2) is 0 Å². The third-order valence-corrected chi connectivity index (χ3v) is 2.55. The summed E-state index contributed by atoms with van der Waals surface area (Å²) in [7, 11) is 3.78. The average Bonchev–Trinajstić information content (AvgIpc) is 2.04. The number of nitrogens with one attached hydrogen (secondary N) is 1. The molecule has 0 fully saturated rings. The second-order valence-corrected chi connectivity index (χ2v) is 3.69. The molecule has 0 heterocycles. The largest absolute Gasteiger partial charge is 0.316 e. The average molecular weight is 186 g/mol. The molecular weight excluding hydrogens is 168 g/mol. The summed E-state index contributed by atoms with van der Waals surface area (Å²) in [4.78, 5) is 4.19. The quantitative estimate of drug-likeness (QED) is 0.537. The summed E-state index contributed by atoms with van der Waals surface area (Å²) < 4.78 is 0. The molecule has 0 radical (unpaired) electrons. The van der Waals surface area contributed by atoms with Crippen LogP contribution in [-0.2, 0) is 0 Å². The van der Waals surface area contributed by atoms with Gasteiger partial charge in [-0.2, -0.15) is 0 Å². The van der Waals surface area contributed by atoms with Crippen molar-refractivity contribution in [1.29, 1.82) is 0 Å². The van der Waals surface area contributed by atoms with E-state index < -0.39 is 0 Å². The van der Waals surface area contributed by atoms with Gasteiger partial charge in [-0.1, -0.05) is 31.7 Å². The van der Waals surface area contributed by atoms with Gasteiger partial charge in [-0.3, -0.25) is 4.99 Å². The third kappa shape index (κ3) is 5.38. The van der Waals surface area contributed by atoms with Gasteiger partial charge in [-0.15, -0.1) is 0 Å². The molecule has 0 aliphatic rings. The summed E-state index contributed by atoms with van der Waals surface area (Å²) in [6.45, 7) is 5.23. The molecule has 2 nitrogen and oxygen atoms in total. The predicted molar refractivity (Wildman–Crippen MR) is 58.9 cm³/mol. The first-order chi connectivity index (χ1) is 5.72. The number of aliphatic imine (C=N–C) groups is 1. The Hall–Kier alpha value is -0.280. The zero-order valence-corrected chi connectivity index (χ0v) is 9.11. The molecule has 0 spiro atoms. The van der Waals surface area contributed by atoms with Crippen molar-refractivity contribution in [3.05, 3.63) is 11.5 Å². The van der Waals surface area contributed by atoms with E-state index in [9.17, 15) is 0 Å². The summed E-state index contributed by atoms with van der Waals surface area (Å²) in [6.07, 6.45) is 2.10. The van der Waals surface area contributed by atoms with E-state index in [1.807, 2.05) is 14.1 Å². The van der Waals surface area contributed by atoms with Crippen LogP contribution in [-0.4, -0.2) is 25.7 Å². The fourth-order valence-electron chi connectivity index (χ4n) is 0.731. The summed E-state index contributed by atoms with van der Waals surface area (Å²) in [5.41, 5.74) is 0. The molecule has 0 aromatic heterocycles. The molecule has 0 aromatic rings. The van der Waals surface area contributed by atoms with Crippen LogP contribution < -0.4 is 5.32 Å². The SMILES string of the molecule is CN=C(S/C=C/CNC)C(C)C. The van der Waals surface area contributed by atoms with Crippen LogP contribution >= 0.6 is 11.8 Å². The molecule has 0 aliphatic carbocycles. The first kappa shape index (κ1) is 11.7. The zero-order chi connectivity index (χ0) is 9.40. The highest BCUT2D eigenvalue weighted by Crippen LogP contribution is 2.13. The van der Waals surface area contributed by atoms with E-state index in [1.165, 1.54) is 5.04 Å². The molecule has 0 atom stereocenters. The lowest BCUT2D eigenvalue weighted by Gasteiger charge is -2.04. The van der Waals surface area contributed by atoms with Crippen molar-refractivity contribution in [2.75, 3.05) is 20.6 Å². The smallest absolute Gasteiger partial charge is 0.0739 e. The topological polar surface area (TPSA) is 24.4 Å². The van der Waals surface area contributed by atoms with Crippen LogP contribution in [0.15, 0.2) is 16.5 Å². The highest BCUT2D eigenvalue weighted by Gasteiger charge is 2.01. The van der Waals surface area contributed by atoms with Crippen LogP contribution in [0.4, 0.5) is 0 Å². The lowest BCUT2D eigenvalue weighted by Crippen LogP contribution is -2.04. The molecule has 12 heavy (non-hydrogen) atoms. The maximum Gasteiger partial charge on any atom is 0.0739 e. The first-order valence-corrected chi connectivity index (χ1v) is 5.03. The number of hydrogen-bond donors (Lipinski definition) is 1. The molecule has 0 rings (SSSR count). The predicted octanol–water partition coefficient (Wildman–Crippen LogP) is 2.14. The van der Waals surface area contributed by atoms with E-state index in [0.717, 1.165) is 6.54 Å². The highest BCUT2D eigenvalue weighted by atomic mass is 32.2. The van der Waals surface area contributed by atoms with E-state index in [2.05, 4.69) is 35.6 Å². The Morgan fingerprint density at radius 1 is 1.58 bits per heavy atom. The van der Waals surface area contributed by atoms with Gasteiger partial charge >= 0.3 is 0 Å². The van der Waals surface area contributed by atoms with Gasteiger partial charge in [0.1, 0.15) is 0 Å². The van der Waals surface area contributed by atoms with Crippen molar-refractivity contribution in [1.82, 2.24) is 5.32 Å². The number of rotatable bonds is 4. The Morgan fingerprint density at radius 3 is 2.67 bits per heavy atom. The van der Waals surface area contributed by atoms with Crippen molar-refractivity contribution < 1.29 is 0 Å². The van der Waals surface area contributed by atoms with E-state index in [-0.39, 0.29) is 0 Å². The van der Waals surface area contributed by atoms with Gasteiger partial charge in [-0.05, 0) is 12.5 Å². The van der Waals surface area contributed by atoms with E-state index in [1.54, 1.807) is 11.8 Å². The second-order valence-electron chi connectivity index (χ2n) is 2.76. The first-order valence-electron chi connectivity index (χ1n) is 4.15. The Morgan fingerprint density at radius 2 is 2.25 bits per heavy atom. The molecule has 0 saturated carbocycles. The highest BCUT2D eigenvalue weighted by molar-refractivity contribution is 8.16. The number of likely N-dealkylation sites (N-methyl/N-ethyl adjacent to an activating group) is 1. The zero-order valence-electron chi connectivity index (χ0n) is 8.29. The standard InChI is InChI=1S/C9H18N2S/c1-8(2)9(11-4)12-7-5-6-10-3/h5,7-8,10H,6H2,1-4H3/b7-5+,11-9?. The molecule has 3 heteroatoms. The van der Waals surface area contributed by atoms with Crippen molar-refractivity contribution in [2.24, 2.45) is 10.9 Å². The van der Waals surface area contributed by atoms with Gasteiger partial charge in [0.25, 0.3) is 0 Å². The van der Waals surface area contributed by atoms with E-state index in [0.29, 0.717) is 5.92 Å². The Kier molecular flexibility index (Phi) is 7.20. The van der Waals surface area contributed by atoms with Gasteiger partial charge in [0.2, 0.25) is 0 Å². The van der Waals surface area contributed by atoms with Crippen LogP contribution in [0, 0.1) is 5.92 Å². The van der Waals surface area contributed by atoms with Crippen LogP contribution in [0.3, 0.4) is 0 Å². The van der Waals surface area contributed by atoms with Crippen LogP contribution in [0.1, 0.15) is 13.8 Å². The molecule has 0 aliphatic heterocycles. The fraction of sp³-hybridized carbons (Fsp3) is 0.667. The van der Waals surface area contributed by atoms with Crippen molar-refractivity contribution in [2.45, 2.75) is 13.8 Å². The minimum absolute atomic E-state index is 0.527. The summed E-state index contributed by atoms with van der Waals surface area (Å²) in [5, 5.41) is 6.31. The minimum atomic E-state index is 0.527. The summed E-state index contributed by atoms with van der Waals surface area (Å²) in [6, 6.07) is 0. The normalized spacial score (nSPS) is 13.2. The Labute approximate surface area is 79.5 Å². The van der Waals surface area contributed by atoms with Gasteiger partial charge in [0.15, 0.2) is 0 Å². The van der Waals surface area contributed by atoms with Crippen LogP contribution in [0.2, 0.25) is 0 Å². The van der Waals surface area contributed by atoms with Gasteiger partial charge < -0.3 is 5.32 Å². The van der Waals surface area contributed by atoms with Crippen LogP contribution in [0.5, 0.6) is 0 Å². The number of nitrogens with zero attached hydrogens (tertiary/aromatic N) is 1. The second kappa shape index (κ2) is 7.37. The molecule has 0 aromatic carbocycles. The lowest BCUT2D eigenvalue weighted by molar-refractivity contribution is 0.898. The third-order valence-electron chi connectivity index (χ3n) is 1.32. The van der Waals surface area contributed by atoms with Crippen molar-refractivity contribution in [3.63, 3.8) is 0 Å². The minimum Gasteiger partial charge on any atom is -0.316 e. The molecule has 70 valence electrons. The molecule has 0 unspecified atom stereocenters. The lowest BCUT2D eigenvalue weighted by atomic mass is 10.2. The number of hydrogen-bond acceptors (Lipinski definition) is 3. The van der Waals surface area contributed by atoms with Crippen LogP contribution in [0.25, 0.3) is 0 Å². The Balaban J connectivity index is 3.74. The summed E-state index contributed by atoms with van der Waals surface area (Å²) >= 11 is 1.70. The summed E-state index contributed by atoms with van der Waals surface area (Å²) in [5.74, 6) is 0.527. The molecule has 0 bridgehead atoms. The van der Waals surface area contributed by atoms with E-state index in [4.69, 9.17) is 0 Å². The molecule has 0 saturated heterocycles. The molecule has 1 N–H and O–H groups in total. The maximum absolute atomic E-state index is 4.19. The number of thioether (sulfide) groups is 1. The maximum atomic E-state index is 4.19. The Bertz CT molecular complexity index is 162. The van der Waals surface area contributed by atoms with Gasteiger partial charge in [0, 0.05) is 19.5 Å². The van der Waals surface area contributed by atoms with E-state index >= 15 is 0 Å². The van der Waals surface area contributed by atoms with Crippen molar-refractivity contribution in [3.8, 4) is 0 Å². The molecule has 0 amide bonds. The van der Waals surface area contributed by atoms with Gasteiger partial charge in [0.05, 0.1) is 5.04 Å².